The fraction of sp³-hybridized carbons (Fsp3) is 0. The molecule has 6 aliphatic heterocycles. The lowest BCUT2D eigenvalue weighted by Crippen LogP contribution is -2.59. The molecule has 0 fully saturated rings. The first-order valence-corrected chi connectivity index (χ1v) is 20.3. The van der Waals surface area contributed by atoms with Crippen LogP contribution in [0.2, 0.25) is 0 Å². The van der Waals surface area contributed by atoms with Crippen LogP contribution in [0.3, 0.4) is 0 Å². The zero-order valence-corrected chi connectivity index (χ0v) is 31.0. The number of para-hydroxylation sites is 4. The highest BCUT2D eigenvalue weighted by Crippen LogP contribution is 2.63. The van der Waals surface area contributed by atoms with Crippen LogP contribution in [0, 0.1) is 0 Å². The van der Waals surface area contributed by atoms with Crippen molar-refractivity contribution in [2.24, 2.45) is 0 Å². The Bertz CT molecular complexity index is 3380. The number of benzene rings is 10. The van der Waals surface area contributed by atoms with Gasteiger partial charge in [-0.05, 0) is 105 Å². The van der Waals surface area contributed by atoms with Crippen LogP contribution in [0.1, 0.15) is 0 Å². The van der Waals surface area contributed by atoms with Crippen LogP contribution in [0.5, 0.6) is 0 Å². The quantitative estimate of drug-likeness (QED) is 0.113. The van der Waals surface area contributed by atoms with E-state index in [2.05, 4.69) is 199 Å². The van der Waals surface area contributed by atoms with Crippen molar-refractivity contribution >= 4 is 136 Å². The highest BCUT2D eigenvalue weighted by Gasteiger charge is 2.56. The molecular weight excluding hydrogens is 706 g/mol. The van der Waals surface area contributed by atoms with Crippen LogP contribution in [-0.2, 0) is 0 Å². The van der Waals surface area contributed by atoms with E-state index in [4.69, 9.17) is 0 Å². The van der Waals surface area contributed by atoms with Gasteiger partial charge in [-0.15, -0.1) is 0 Å². The van der Waals surface area contributed by atoms with Crippen LogP contribution >= 0.6 is 0 Å². The number of fused-ring (bicyclic) bond motifs is 17. The minimum atomic E-state index is -0.0727. The first-order chi connectivity index (χ1) is 28.8. The SMILES string of the molecule is c1ccc2c(c1)N1B3N2c2cc4cc5c6c(cccc6c4c4cccc(c24)N3c2cccc3cccc1c23)N1B2N(c3ccccc3N25)c2cccc3cccc1c23. The molecule has 10 aromatic rings. The van der Waals surface area contributed by atoms with E-state index in [0.717, 1.165) is 0 Å². The zero-order chi connectivity index (χ0) is 37.1. The average Bonchev–Trinajstić information content (AvgIpc) is 3.80. The molecule has 0 saturated carbocycles. The highest BCUT2D eigenvalue weighted by molar-refractivity contribution is 6.82. The van der Waals surface area contributed by atoms with Crippen molar-refractivity contribution in [3.8, 4) is 0 Å². The van der Waals surface area contributed by atoms with E-state index in [1.807, 2.05) is 0 Å². The second kappa shape index (κ2) is 9.51. The lowest BCUT2D eigenvalue weighted by molar-refractivity contribution is 1.25. The lowest BCUT2D eigenvalue weighted by Gasteiger charge is -2.47. The summed E-state index contributed by atoms with van der Waals surface area (Å²) in [5.74, 6) is 0. The molecule has 58 heavy (non-hydrogen) atoms. The zero-order valence-electron chi connectivity index (χ0n) is 31.0. The van der Waals surface area contributed by atoms with Crippen molar-refractivity contribution in [1.82, 2.24) is 0 Å². The van der Waals surface area contributed by atoms with E-state index in [1.54, 1.807) is 0 Å². The number of rotatable bonds is 0. The molecule has 0 saturated heterocycles. The lowest BCUT2D eigenvalue weighted by atomic mass is 9.73. The summed E-state index contributed by atoms with van der Waals surface area (Å²) in [7, 11) is -0.145. The number of hydrogen-bond acceptors (Lipinski definition) is 6. The van der Waals surface area contributed by atoms with Crippen molar-refractivity contribution in [3.05, 3.63) is 170 Å². The molecule has 0 N–H and O–H groups in total. The van der Waals surface area contributed by atoms with Crippen molar-refractivity contribution in [3.63, 3.8) is 0 Å². The van der Waals surface area contributed by atoms with Gasteiger partial charge >= 0.3 is 14.2 Å². The standard InChI is InChI=1S/C50H28B2N6/c1-3-19-36-34(17-1)53-38-21-5-11-29-13-7-23-40(47(29)38)57-42-25-9-15-32-46-31(27-44(49(32)42)55(36)51(53)57)28-45-50-33(46)16-10-26-43(50)58-41-24-8-14-30-12-6-22-39(48(30)41)54-35-18-2-4-20-37(35)56(45)52(54)58/h1-28H. The van der Waals surface area contributed by atoms with E-state index < -0.39 is 0 Å². The maximum absolute atomic E-state index is 2.61. The van der Waals surface area contributed by atoms with Crippen LogP contribution < -0.4 is 28.9 Å². The fourth-order valence-electron chi connectivity index (χ4n) is 12.0. The third-order valence-corrected chi connectivity index (χ3v) is 14.0. The molecule has 0 bridgehead atoms. The molecule has 264 valence electrons. The molecule has 8 heteroatoms. The third kappa shape index (κ3) is 3.00. The Morgan fingerprint density at radius 1 is 0.224 bits per heavy atom. The monoisotopic (exact) mass is 734 g/mol. The number of nitrogens with zero attached hydrogens (tertiary/aromatic N) is 6. The molecule has 6 aliphatic rings. The second-order valence-electron chi connectivity index (χ2n) is 16.5. The Morgan fingerprint density at radius 2 is 0.517 bits per heavy atom. The van der Waals surface area contributed by atoms with E-state index >= 15 is 0 Å². The van der Waals surface area contributed by atoms with Crippen LogP contribution in [0.15, 0.2) is 170 Å². The minimum absolute atomic E-state index is 0.0727. The van der Waals surface area contributed by atoms with Gasteiger partial charge in [0.15, 0.2) is 0 Å². The van der Waals surface area contributed by atoms with Gasteiger partial charge in [0.25, 0.3) is 0 Å². The smallest absolute Gasteiger partial charge is 0.344 e. The molecular formula is C50H28B2N6. The van der Waals surface area contributed by atoms with Gasteiger partial charge in [0.2, 0.25) is 0 Å². The van der Waals surface area contributed by atoms with E-state index in [0.29, 0.717) is 0 Å². The largest absolute Gasteiger partial charge is 0.519 e. The predicted octanol–water partition coefficient (Wildman–Crippen LogP) is 12.9. The van der Waals surface area contributed by atoms with Crippen LogP contribution in [0.25, 0.3) is 53.9 Å². The Kier molecular flexibility index (Phi) is 4.72. The summed E-state index contributed by atoms with van der Waals surface area (Å²) in [4.78, 5) is 15.6. The summed E-state index contributed by atoms with van der Waals surface area (Å²) < 4.78 is 0. The molecule has 0 unspecified atom stereocenters. The van der Waals surface area contributed by atoms with Crippen LogP contribution in [-0.4, -0.2) is 14.2 Å². The van der Waals surface area contributed by atoms with Gasteiger partial charge in [-0.2, -0.15) is 0 Å². The molecule has 0 amide bonds. The maximum atomic E-state index is 2.61. The van der Waals surface area contributed by atoms with Gasteiger partial charge in [0.05, 0.1) is 22.7 Å². The Labute approximate surface area is 333 Å². The normalized spacial score (nSPS) is 15.7. The van der Waals surface area contributed by atoms with Gasteiger partial charge < -0.3 is 28.9 Å². The molecule has 10 aromatic carbocycles. The van der Waals surface area contributed by atoms with Crippen molar-refractivity contribution in [1.29, 1.82) is 0 Å². The van der Waals surface area contributed by atoms with Crippen molar-refractivity contribution in [2.45, 2.75) is 0 Å². The second-order valence-corrected chi connectivity index (χ2v) is 16.5. The molecule has 0 aliphatic carbocycles. The predicted molar refractivity (Wildman–Crippen MR) is 244 cm³/mol. The van der Waals surface area contributed by atoms with Gasteiger partial charge in [0.1, 0.15) is 0 Å². The van der Waals surface area contributed by atoms with Gasteiger partial charge in [-0.1, -0.05) is 97.1 Å². The fourth-order valence-corrected chi connectivity index (χ4v) is 12.0. The summed E-state index contributed by atoms with van der Waals surface area (Å²) in [6, 6.07) is 64.1. The molecule has 0 radical (unpaired) electrons. The summed E-state index contributed by atoms with van der Waals surface area (Å²) in [5, 5.41) is 12.8. The average molecular weight is 734 g/mol. The number of hydrogen-bond donors (Lipinski definition) is 0. The Hall–Kier alpha value is -7.57. The van der Waals surface area contributed by atoms with Crippen molar-refractivity contribution < 1.29 is 0 Å². The molecule has 0 aromatic heterocycles. The maximum Gasteiger partial charge on any atom is 0.519 e. The van der Waals surface area contributed by atoms with E-state index in [9.17, 15) is 0 Å². The Balaban J connectivity index is 1.06. The summed E-state index contributed by atoms with van der Waals surface area (Å²) in [5.41, 5.74) is 15.0. The summed E-state index contributed by atoms with van der Waals surface area (Å²) >= 11 is 0. The van der Waals surface area contributed by atoms with Gasteiger partial charge in [0, 0.05) is 67.0 Å². The highest BCUT2D eigenvalue weighted by atomic mass is 15.4. The molecule has 6 heterocycles. The Morgan fingerprint density at radius 3 is 0.897 bits per heavy atom. The topological polar surface area (TPSA) is 19.4 Å². The van der Waals surface area contributed by atoms with E-state index in [1.165, 1.54) is 122 Å². The molecule has 6 nitrogen and oxygen atoms in total. The third-order valence-electron chi connectivity index (χ3n) is 14.0. The molecule has 0 spiro atoms. The van der Waals surface area contributed by atoms with Gasteiger partial charge in [-0.3, -0.25) is 0 Å². The first kappa shape index (κ1) is 28.8. The summed E-state index contributed by atoms with van der Waals surface area (Å²) in [6.45, 7) is 0. The van der Waals surface area contributed by atoms with Crippen molar-refractivity contribution in [2.75, 3.05) is 28.9 Å². The first-order valence-electron chi connectivity index (χ1n) is 20.3. The number of anilines is 12. The molecule has 16 rings (SSSR count). The van der Waals surface area contributed by atoms with Crippen LogP contribution in [0.4, 0.5) is 68.2 Å². The molecule has 0 atom stereocenters. The van der Waals surface area contributed by atoms with E-state index in [-0.39, 0.29) is 14.2 Å². The summed E-state index contributed by atoms with van der Waals surface area (Å²) in [6.07, 6.45) is 0. The van der Waals surface area contributed by atoms with Gasteiger partial charge in [-0.25, -0.2) is 0 Å². The minimum Gasteiger partial charge on any atom is -0.344 e.